The molecule has 3 heterocycles. The second-order valence-corrected chi connectivity index (χ2v) is 6.90. The number of hydrogen-bond acceptors (Lipinski definition) is 3. The summed E-state index contributed by atoms with van der Waals surface area (Å²) < 4.78 is 3.29. The van der Waals surface area contributed by atoms with E-state index in [1.165, 1.54) is 3.57 Å². The second kappa shape index (κ2) is 6.76. The van der Waals surface area contributed by atoms with E-state index in [1.807, 2.05) is 37.4 Å². The summed E-state index contributed by atoms with van der Waals surface area (Å²) in [4.78, 5) is 13.7. The van der Waals surface area contributed by atoms with Gasteiger partial charge in [0.05, 0.1) is 17.1 Å². The summed E-state index contributed by atoms with van der Waals surface area (Å²) in [5.74, 6) is 0.883. The third kappa shape index (κ3) is 3.19. The van der Waals surface area contributed by atoms with E-state index in [4.69, 9.17) is 4.98 Å². The fourth-order valence-corrected chi connectivity index (χ4v) is 3.09. The van der Waals surface area contributed by atoms with Gasteiger partial charge in [0, 0.05) is 27.7 Å². The zero-order chi connectivity index (χ0) is 17.2. The maximum atomic E-state index is 4.87. The summed E-state index contributed by atoms with van der Waals surface area (Å²) in [5.41, 5.74) is 4.74. The summed E-state index contributed by atoms with van der Waals surface area (Å²) in [6.07, 6.45) is 5.62. The van der Waals surface area contributed by atoms with E-state index in [2.05, 4.69) is 67.5 Å². The van der Waals surface area contributed by atoms with Crippen LogP contribution in [-0.4, -0.2) is 19.5 Å². The molecule has 25 heavy (non-hydrogen) atoms. The molecule has 0 unspecified atom stereocenters. The summed E-state index contributed by atoms with van der Waals surface area (Å²) in [5, 5.41) is 0. The van der Waals surface area contributed by atoms with Crippen LogP contribution in [0.4, 0.5) is 0 Å². The van der Waals surface area contributed by atoms with Crippen molar-refractivity contribution in [3.63, 3.8) is 0 Å². The lowest BCUT2D eigenvalue weighted by atomic mass is 10.2. The van der Waals surface area contributed by atoms with E-state index >= 15 is 0 Å². The molecule has 0 amide bonds. The van der Waals surface area contributed by atoms with Crippen molar-refractivity contribution in [2.24, 2.45) is 0 Å². The smallest absolute Gasteiger partial charge is 0.145 e. The highest BCUT2D eigenvalue weighted by Gasteiger charge is 2.15. The number of imidazole rings is 1. The minimum absolute atomic E-state index is 0.845. The molecule has 3 aromatic heterocycles. The summed E-state index contributed by atoms with van der Waals surface area (Å²) in [7, 11) is 0. The van der Waals surface area contributed by atoms with Gasteiger partial charge in [0.2, 0.25) is 0 Å². The minimum Gasteiger partial charge on any atom is -0.297 e. The van der Waals surface area contributed by atoms with Crippen molar-refractivity contribution in [3.05, 3.63) is 82.5 Å². The monoisotopic (exact) mass is 438 g/mol. The molecule has 0 aliphatic carbocycles. The zero-order valence-electron chi connectivity index (χ0n) is 13.6. The SMILES string of the molecule is Cc1ncccc1-n1cc(-c2ccccn2)nc1-c1ccc(I)cc1. The van der Waals surface area contributed by atoms with Crippen LogP contribution < -0.4 is 0 Å². The lowest BCUT2D eigenvalue weighted by molar-refractivity contribution is 1.02. The van der Waals surface area contributed by atoms with E-state index < -0.39 is 0 Å². The number of benzene rings is 1. The fraction of sp³-hybridized carbons (Fsp3) is 0.0500. The van der Waals surface area contributed by atoms with Gasteiger partial charge in [-0.3, -0.25) is 14.5 Å². The first-order valence-corrected chi connectivity index (χ1v) is 8.99. The van der Waals surface area contributed by atoms with Crippen LogP contribution in [0.5, 0.6) is 0 Å². The molecule has 0 N–H and O–H groups in total. The van der Waals surface area contributed by atoms with E-state index in [1.54, 1.807) is 12.4 Å². The molecule has 0 aliphatic rings. The Balaban J connectivity index is 1.93. The van der Waals surface area contributed by atoms with Crippen molar-refractivity contribution < 1.29 is 0 Å². The van der Waals surface area contributed by atoms with Gasteiger partial charge < -0.3 is 0 Å². The van der Waals surface area contributed by atoms with Crippen LogP contribution in [0.25, 0.3) is 28.5 Å². The van der Waals surface area contributed by atoms with Crippen molar-refractivity contribution in [3.8, 4) is 28.5 Å². The fourth-order valence-electron chi connectivity index (χ4n) is 2.73. The lowest BCUT2D eigenvalue weighted by Crippen LogP contribution is -2.00. The number of rotatable bonds is 3. The van der Waals surface area contributed by atoms with Crippen molar-refractivity contribution in [2.45, 2.75) is 6.92 Å². The van der Waals surface area contributed by atoms with Crippen molar-refractivity contribution in [1.82, 2.24) is 19.5 Å². The Bertz CT molecular complexity index is 1010. The van der Waals surface area contributed by atoms with Gasteiger partial charge in [-0.15, -0.1) is 0 Å². The molecule has 122 valence electrons. The van der Waals surface area contributed by atoms with Crippen LogP contribution >= 0.6 is 22.6 Å². The maximum Gasteiger partial charge on any atom is 0.145 e. The van der Waals surface area contributed by atoms with Crippen molar-refractivity contribution >= 4 is 22.6 Å². The molecule has 0 saturated carbocycles. The molecule has 4 aromatic rings. The van der Waals surface area contributed by atoms with Crippen LogP contribution in [0.1, 0.15) is 5.69 Å². The predicted octanol–water partition coefficient (Wildman–Crippen LogP) is 4.91. The average molecular weight is 438 g/mol. The molecule has 0 saturated heterocycles. The number of halogens is 1. The van der Waals surface area contributed by atoms with Gasteiger partial charge in [0.1, 0.15) is 11.5 Å². The molecule has 1 aromatic carbocycles. The first kappa shape index (κ1) is 16.0. The Morgan fingerprint density at radius 2 is 1.64 bits per heavy atom. The highest BCUT2D eigenvalue weighted by atomic mass is 127. The van der Waals surface area contributed by atoms with Crippen LogP contribution in [0, 0.1) is 10.5 Å². The quantitative estimate of drug-likeness (QED) is 0.427. The molecule has 5 heteroatoms. The van der Waals surface area contributed by atoms with Gasteiger partial charge in [-0.1, -0.05) is 18.2 Å². The number of aryl methyl sites for hydroxylation is 1. The molecule has 0 spiro atoms. The van der Waals surface area contributed by atoms with E-state index in [9.17, 15) is 0 Å². The van der Waals surface area contributed by atoms with Gasteiger partial charge in [0.15, 0.2) is 0 Å². The maximum absolute atomic E-state index is 4.87. The Morgan fingerprint density at radius 1 is 0.840 bits per heavy atom. The molecule has 4 nitrogen and oxygen atoms in total. The van der Waals surface area contributed by atoms with Gasteiger partial charge in [-0.25, -0.2) is 4.98 Å². The normalized spacial score (nSPS) is 10.8. The highest BCUT2D eigenvalue weighted by molar-refractivity contribution is 14.1. The number of aromatic nitrogens is 4. The number of pyridine rings is 2. The molecule has 0 aliphatic heterocycles. The largest absolute Gasteiger partial charge is 0.297 e. The molecule has 4 rings (SSSR count). The number of hydrogen-bond donors (Lipinski definition) is 0. The van der Waals surface area contributed by atoms with Gasteiger partial charge in [-0.2, -0.15) is 0 Å². The molecule has 0 bridgehead atoms. The van der Waals surface area contributed by atoms with Crippen molar-refractivity contribution in [2.75, 3.05) is 0 Å². The molecule has 0 atom stereocenters. The predicted molar refractivity (Wildman–Crippen MR) is 107 cm³/mol. The summed E-state index contributed by atoms with van der Waals surface area (Å²) in [6, 6.07) is 18.2. The lowest BCUT2D eigenvalue weighted by Gasteiger charge is -2.10. The topological polar surface area (TPSA) is 43.6 Å². The minimum atomic E-state index is 0.845. The molecular weight excluding hydrogens is 423 g/mol. The van der Waals surface area contributed by atoms with Crippen LogP contribution in [0.15, 0.2) is 73.2 Å². The van der Waals surface area contributed by atoms with E-state index in [0.29, 0.717) is 0 Å². The third-order valence-corrected chi connectivity index (χ3v) is 4.69. The Morgan fingerprint density at radius 3 is 2.36 bits per heavy atom. The Labute approximate surface area is 159 Å². The molecule has 0 fully saturated rings. The van der Waals surface area contributed by atoms with Gasteiger partial charge in [-0.05, 0) is 65.9 Å². The molecular formula is C20H15IN4. The zero-order valence-corrected chi connectivity index (χ0v) is 15.8. The highest BCUT2D eigenvalue weighted by Crippen LogP contribution is 2.28. The van der Waals surface area contributed by atoms with E-state index in [-0.39, 0.29) is 0 Å². The Kier molecular flexibility index (Phi) is 4.31. The van der Waals surface area contributed by atoms with Crippen LogP contribution in [0.3, 0.4) is 0 Å². The standard InChI is InChI=1S/C20H15IN4/c1-14-19(6-4-12-22-14)25-13-18(17-5-2-3-11-23-17)24-20(25)15-7-9-16(21)10-8-15/h2-13H,1H3. The number of nitrogens with zero attached hydrogens (tertiary/aromatic N) is 4. The average Bonchev–Trinajstić information content (AvgIpc) is 3.09. The molecule has 0 radical (unpaired) electrons. The third-order valence-electron chi connectivity index (χ3n) is 3.97. The van der Waals surface area contributed by atoms with Crippen molar-refractivity contribution in [1.29, 1.82) is 0 Å². The first-order chi connectivity index (χ1) is 12.2. The van der Waals surface area contributed by atoms with Crippen LogP contribution in [0.2, 0.25) is 0 Å². The summed E-state index contributed by atoms with van der Waals surface area (Å²) in [6.45, 7) is 2.01. The van der Waals surface area contributed by atoms with Gasteiger partial charge in [0.25, 0.3) is 0 Å². The Hall–Kier alpha value is -2.54. The van der Waals surface area contributed by atoms with Gasteiger partial charge >= 0.3 is 0 Å². The van der Waals surface area contributed by atoms with E-state index in [0.717, 1.165) is 34.2 Å². The summed E-state index contributed by atoms with van der Waals surface area (Å²) >= 11 is 2.31. The van der Waals surface area contributed by atoms with Crippen LogP contribution in [-0.2, 0) is 0 Å². The first-order valence-electron chi connectivity index (χ1n) is 7.91. The second-order valence-electron chi connectivity index (χ2n) is 5.65.